The summed E-state index contributed by atoms with van der Waals surface area (Å²) in [7, 11) is 0. The van der Waals surface area contributed by atoms with Crippen LogP contribution in [0.4, 0.5) is 8.78 Å². The smallest absolute Gasteiger partial charge is 0.251 e. The van der Waals surface area contributed by atoms with Gasteiger partial charge in [-0.15, -0.1) is 0 Å². The highest BCUT2D eigenvalue weighted by Gasteiger charge is 2.31. The van der Waals surface area contributed by atoms with Crippen LogP contribution >= 0.6 is 0 Å². The predicted molar refractivity (Wildman–Crippen MR) is 90.4 cm³/mol. The molecule has 0 amide bonds. The quantitative estimate of drug-likeness (QED) is 0.707. The molecule has 3 aromatic rings. The van der Waals surface area contributed by atoms with Crippen molar-refractivity contribution in [2.45, 2.75) is 32.6 Å². The van der Waals surface area contributed by atoms with Crippen LogP contribution in [0.5, 0.6) is 0 Å². The van der Waals surface area contributed by atoms with E-state index >= 15 is 0 Å². The first-order valence-corrected chi connectivity index (χ1v) is 8.29. The molecule has 1 atom stereocenters. The van der Waals surface area contributed by atoms with E-state index < -0.39 is 11.6 Å². The minimum atomic E-state index is -0.649. The highest BCUT2D eigenvalue weighted by Crippen LogP contribution is 2.34. The summed E-state index contributed by atoms with van der Waals surface area (Å²) in [5, 5.41) is 4.29. The van der Waals surface area contributed by atoms with Crippen LogP contribution in [0, 0.1) is 25.5 Å². The zero-order chi connectivity index (χ0) is 18.4. The molecule has 0 radical (unpaired) electrons. The molecule has 1 aliphatic carbocycles. The molecular weight excluding hydrogens is 338 g/mol. The Morgan fingerprint density at radius 3 is 2.31 bits per heavy atom. The lowest BCUT2D eigenvalue weighted by Crippen LogP contribution is -2.21. The maximum atomic E-state index is 13.6. The number of aryl methyl sites for hydroxylation is 2. The number of Topliss-reactive ketones (excluding diaryl/α,β-unsaturated/α-hetero) is 1. The minimum Gasteiger partial charge on any atom is -0.294 e. The first-order valence-electron chi connectivity index (χ1n) is 8.29. The Balaban J connectivity index is 1.78. The number of hydrogen-bond acceptors (Lipinski definition) is 4. The lowest BCUT2D eigenvalue weighted by Gasteiger charge is -2.22. The summed E-state index contributed by atoms with van der Waals surface area (Å²) in [6, 6.07) is 5.23. The minimum absolute atomic E-state index is 0.100. The summed E-state index contributed by atoms with van der Waals surface area (Å²) in [4.78, 5) is 21.3. The number of rotatable bonds is 2. The zero-order valence-corrected chi connectivity index (χ0v) is 14.3. The van der Waals surface area contributed by atoms with E-state index in [1.807, 2.05) is 19.9 Å². The molecule has 0 fully saturated rings. The van der Waals surface area contributed by atoms with E-state index in [4.69, 9.17) is 0 Å². The van der Waals surface area contributed by atoms with Gasteiger partial charge in [0.2, 0.25) is 0 Å². The lowest BCUT2D eigenvalue weighted by atomic mass is 9.82. The van der Waals surface area contributed by atoms with Gasteiger partial charge >= 0.3 is 0 Å². The van der Waals surface area contributed by atoms with Gasteiger partial charge in [0.25, 0.3) is 5.95 Å². The fourth-order valence-electron chi connectivity index (χ4n) is 3.46. The second-order valence-electron chi connectivity index (χ2n) is 6.60. The van der Waals surface area contributed by atoms with E-state index in [1.165, 1.54) is 18.3 Å². The maximum Gasteiger partial charge on any atom is 0.251 e. The Morgan fingerprint density at radius 2 is 1.65 bits per heavy atom. The largest absolute Gasteiger partial charge is 0.294 e. The van der Waals surface area contributed by atoms with E-state index in [2.05, 4.69) is 15.1 Å². The molecule has 0 spiro atoms. The average Bonchev–Trinajstić information content (AvgIpc) is 2.97. The summed E-state index contributed by atoms with van der Waals surface area (Å²) in [6.45, 7) is 3.72. The van der Waals surface area contributed by atoms with Crippen molar-refractivity contribution < 1.29 is 13.6 Å². The fraction of sp³-hybridized carbons (Fsp3) is 0.263. The molecule has 7 heteroatoms. The molecule has 2 aromatic heterocycles. The van der Waals surface area contributed by atoms with Gasteiger partial charge < -0.3 is 0 Å². The van der Waals surface area contributed by atoms with E-state index in [9.17, 15) is 13.6 Å². The lowest BCUT2D eigenvalue weighted by molar-refractivity contribution is 0.0963. The SMILES string of the molecule is Cc1cc(C)nc(-n2ncc3c2CC(c2cc(F)cc(F)c2)CC3=O)n1. The van der Waals surface area contributed by atoms with Crippen molar-refractivity contribution in [2.75, 3.05) is 0 Å². The van der Waals surface area contributed by atoms with Crippen molar-refractivity contribution >= 4 is 5.78 Å². The molecule has 1 unspecified atom stereocenters. The number of aromatic nitrogens is 4. The Kier molecular flexibility index (Phi) is 3.86. The summed E-state index contributed by atoms with van der Waals surface area (Å²) in [5.41, 5.74) is 3.24. The number of halogens is 2. The van der Waals surface area contributed by atoms with Crippen LogP contribution in [0.25, 0.3) is 5.95 Å². The van der Waals surface area contributed by atoms with Gasteiger partial charge in [0, 0.05) is 23.9 Å². The number of carbonyl (C=O) groups excluding carboxylic acids is 1. The number of nitrogens with zero attached hydrogens (tertiary/aromatic N) is 4. The van der Waals surface area contributed by atoms with Crippen molar-refractivity contribution in [1.29, 1.82) is 0 Å². The summed E-state index contributed by atoms with van der Waals surface area (Å²) < 4.78 is 28.7. The Bertz CT molecular complexity index is 988. The van der Waals surface area contributed by atoms with Crippen LogP contribution in [0.15, 0.2) is 30.5 Å². The Labute approximate surface area is 148 Å². The van der Waals surface area contributed by atoms with Gasteiger partial charge in [-0.2, -0.15) is 5.10 Å². The average molecular weight is 354 g/mol. The molecule has 5 nitrogen and oxygen atoms in total. The summed E-state index contributed by atoms with van der Waals surface area (Å²) in [6.07, 6.45) is 2.14. The molecule has 2 heterocycles. The monoisotopic (exact) mass is 354 g/mol. The van der Waals surface area contributed by atoms with Crippen LogP contribution in [0.2, 0.25) is 0 Å². The molecule has 26 heavy (non-hydrogen) atoms. The van der Waals surface area contributed by atoms with Gasteiger partial charge in [-0.1, -0.05) is 0 Å². The molecule has 0 saturated heterocycles. The molecule has 0 N–H and O–H groups in total. The standard InChI is InChI=1S/C19H16F2N4O/c1-10-3-11(2)24-19(23-10)25-17-6-13(7-18(26)16(17)9-22-25)12-4-14(20)8-15(21)5-12/h3-5,8-9,13H,6-7H2,1-2H3. The normalized spacial score (nSPS) is 16.6. The number of hydrogen-bond donors (Lipinski definition) is 0. The number of benzene rings is 1. The fourth-order valence-corrected chi connectivity index (χ4v) is 3.46. The third-order valence-corrected chi connectivity index (χ3v) is 4.56. The molecule has 1 aliphatic rings. The second-order valence-corrected chi connectivity index (χ2v) is 6.60. The Hall–Kier alpha value is -2.96. The number of fused-ring (bicyclic) bond motifs is 1. The highest BCUT2D eigenvalue weighted by atomic mass is 19.1. The number of ketones is 1. The second kappa shape index (κ2) is 6.09. The molecular formula is C19H16F2N4O. The maximum absolute atomic E-state index is 13.6. The molecule has 1 aromatic carbocycles. The van der Waals surface area contributed by atoms with Crippen molar-refractivity contribution in [1.82, 2.24) is 19.7 Å². The predicted octanol–water partition coefficient (Wildman–Crippen LogP) is 3.47. The summed E-state index contributed by atoms with van der Waals surface area (Å²) in [5.74, 6) is -1.32. The van der Waals surface area contributed by atoms with Gasteiger partial charge in [0.05, 0.1) is 17.5 Å². The van der Waals surface area contributed by atoms with Crippen LogP contribution < -0.4 is 0 Å². The van der Waals surface area contributed by atoms with Crippen molar-refractivity contribution in [2.24, 2.45) is 0 Å². The number of carbonyl (C=O) groups is 1. The van der Waals surface area contributed by atoms with E-state index in [0.717, 1.165) is 17.5 Å². The third kappa shape index (κ3) is 2.89. The van der Waals surface area contributed by atoms with E-state index in [0.29, 0.717) is 29.2 Å². The van der Waals surface area contributed by atoms with Gasteiger partial charge in [-0.3, -0.25) is 4.79 Å². The van der Waals surface area contributed by atoms with Crippen molar-refractivity contribution in [3.63, 3.8) is 0 Å². The van der Waals surface area contributed by atoms with E-state index in [-0.39, 0.29) is 18.1 Å². The van der Waals surface area contributed by atoms with Crippen LogP contribution in [0.1, 0.15) is 45.3 Å². The first kappa shape index (κ1) is 16.5. The molecule has 0 bridgehead atoms. The molecule has 0 aliphatic heterocycles. The topological polar surface area (TPSA) is 60.7 Å². The highest BCUT2D eigenvalue weighted by molar-refractivity contribution is 5.98. The van der Waals surface area contributed by atoms with Crippen LogP contribution in [-0.2, 0) is 6.42 Å². The van der Waals surface area contributed by atoms with Crippen molar-refractivity contribution in [3.8, 4) is 5.95 Å². The molecule has 0 saturated carbocycles. The van der Waals surface area contributed by atoms with Crippen LogP contribution in [-0.4, -0.2) is 25.5 Å². The van der Waals surface area contributed by atoms with Crippen molar-refractivity contribution in [3.05, 3.63) is 70.3 Å². The summed E-state index contributed by atoms with van der Waals surface area (Å²) >= 11 is 0. The van der Waals surface area contributed by atoms with Gasteiger partial charge in [0.15, 0.2) is 5.78 Å². The molecule has 4 rings (SSSR count). The molecule has 132 valence electrons. The van der Waals surface area contributed by atoms with Crippen LogP contribution in [0.3, 0.4) is 0 Å². The van der Waals surface area contributed by atoms with Gasteiger partial charge in [0.1, 0.15) is 11.6 Å². The van der Waals surface area contributed by atoms with Gasteiger partial charge in [-0.05, 0) is 49.9 Å². The third-order valence-electron chi connectivity index (χ3n) is 4.56. The Morgan fingerprint density at radius 1 is 1.00 bits per heavy atom. The first-order chi connectivity index (χ1) is 12.4. The zero-order valence-electron chi connectivity index (χ0n) is 14.3. The van der Waals surface area contributed by atoms with Gasteiger partial charge in [-0.25, -0.2) is 23.4 Å². The van der Waals surface area contributed by atoms with E-state index in [1.54, 1.807) is 4.68 Å².